The lowest BCUT2D eigenvalue weighted by Gasteiger charge is -2.12. The Kier molecular flexibility index (Phi) is 5.53. The Morgan fingerprint density at radius 3 is 2.82 bits per heavy atom. The summed E-state index contributed by atoms with van der Waals surface area (Å²) < 4.78 is 26.7. The van der Waals surface area contributed by atoms with Crippen LogP contribution in [0.15, 0.2) is 64.3 Å². The van der Waals surface area contributed by atoms with Crippen LogP contribution < -0.4 is 4.74 Å². The molecule has 0 fully saturated rings. The number of ether oxygens (including phenoxy) is 1. The third kappa shape index (κ3) is 4.30. The highest BCUT2D eigenvalue weighted by molar-refractivity contribution is 6.32. The van der Waals surface area contributed by atoms with Gasteiger partial charge in [0.15, 0.2) is 11.6 Å². The van der Waals surface area contributed by atoms with Crippen molar-refractivity contribution in [2.75, 3.05) is 0 Å². The van der Waals surface area contributed by atoms with Crippen molar-refractivity contribution in [1.29, 1.82) is 0 Å². The summed E-state index contributed by atoms with van der Waals surface area (Å²) in [5.74, 6) is 0.0423. The number of aromatic amines is 1. The van der Waals surface area contributed by atoms with Gasteiger partial charge in [0.05, 0.1) is 34.5 Å². The Hall–Kier alpha value is -3.75. The fourth-order valence-corrected chi connectivity index (χ4v) is 3.70. The molecule has 0 aliphatic heterocycles. The van der Waals surface area contributed by atoms with Crippen LogP contribution in [0.1, 0.15) is 11.5 Å². The first-order valence-corrected chi connectivity index (χ1v) is 10.4. The molecule has 0 saturated heterocycles. The van der Waals surface area contributed by atoms with E-state index in [4.69, 9.17) is 32.4 Å². The minimum Gasteiger partial charge on any atom is -0.453 e. The zero-order valence-corrected chi connectivity index (χ0v) is 18.4. The molecule has 0 bridgehead atoms. The summed E-state index contributed by atoms with van der Waals surface area (Å²) in [6.45, 7) is 3.46. The summed E-state index contributed by atoms with van der Waals surface area (Å²) in [5.41, 5.74) is 3.15. The molecule has 0 atom stereocenters. The normalized spacial score (nSPS) is 11.1. The van der Waals surface area contributed by atoms with Gasteiger partial charge in [-0.3, -0.25) is 4.99 Å². The van der Waals surface area contributed by atoms with Gasteiger partial charge in [0, 0.05) is 22.2 Å². The Morgan fingerprint density at radius 2 is 1.97 bits per heavy atom. The minimum absolute atomic E-state index is 0.0493. The molecule has 0 radical (unpaired) electrons. The predicted octanol–water partition coefficient (Wildman–Crippen LogP) is 6.77. The van der Waals surface area contributed by atoms with E-state index in [2.05, 4.69) is 31.9 Å². The molecule has 0 amide bonds. The second-order valence-electron chi connectivity index (χ2n) is 7.07. The van der Waals surface area contributed by atoms with Gasteiger partial charge in [0.2, 0.25) is 11.8 Å². The van der Waals surface area contributed by atoms with Gasteiger partial charge >= 0.3 is 0 Å². The van der Waals surface area contributed by atoms with Crippen molar-refractivity contribution in [2.24, 2.45) is 4.99 Å². The summed E-state index contributed by atoms with van der Waals surface area (Å²) in [6, 6.07) is 13.3. The van der Waals surface area contributed by atoms with Gasteiger partial charge in [-0.1, -0.05) is 29.3 Å². The number of H-pyrrole nitrogens is 1. The summed E-state index contributed by atoms with van der Waals surface area (Å²) in [4.78, 5) is 11.0. The first-order valence-electron chi connectivity index (χ1n) is 9.68. The number of nitrogens with zero attached hydrogens (tertiary/aromatic N) is 4. The molecule has 2 aromatic heterocycles. The maximum absolute atomic E-state index is 15.3. The van der Waals surface area contributed by atoms with E-state index in [9.17, 15) is 0 Å². The average molecular weight is 482 g/mol. The standard InChI is InChI=1S/C23H14Cl2FN5O2/c1-27-15-8-14(24)9-16(10-15)32-22-17(25)4-2-12(21(22)26)7-20-30-31-23(33-20)13-3-5-18-19(6-13)29-11-28-18/h2-6,8-11H,1,7H2,(H,28,29). The summed E-state index contributed by atoms with van der Waals surface area (Å²) in [7, 11) is 0. The van der Waals surface area contributed by atoms with Crippen LogP contribution in [-0.4, -0.2) is 26.9 Å². The first kappa shape index (κ1) is 21.1. The fraction of sp³-hybridized carbons (Fsp3) is 0.0435. The predicted molar refractivity (Wildman–Crippen MR) is 124 cm³/mol. The van der Waals surface area contributed by atoms with Gasteiger partial charge in [-0.05, 0) is 43.1 Å². The lowest BCUT2D eigenvalue weighted by molar-refractivity contribution is 0.437. The topological polar surface area (TPSA) is 89.2 Å². The van der Waals surface area contributed by atoms with Crippen LogP contribution in [0.3, 0.4) is 0 Å². The molecule has 0 unspecified atom stereocenters. The quantitative estimate of drug-likeness (QED) is 0.270. The zero-order valence-electron chi connectivity index (χ0n) is 16.8. The number of nitrogens with one attached hydrogen (secondary N) is 1. The smallest absolute Gasteiger partial charge is 0.247 e. The van der Waals surface area contributed by atoms with E-state index in [1.165, 1.54) is 12.1 Å². The van der Waals surface area contributed by atoms with Crippen molar-refractivity contribution >= 4 is 46.6 Å². The van der Waals surface area contributed by atoms with Crippen molar-refractivity contribution in [2.45, 2.75) is 6.42 Å². The number of hydrogen-bond donors (Lipinski definition) is 1. The molecular weight excluding hydrogens is 468 g/mol. The van der Waals surface area contributed by atoms with E-state index in [1.54, 1.807) is 24.5 Å². The largest absolute Gasteiger partial charge is 0.453 e. The van der Waals surface area contributed by atoms with Crippen LogP contribution in [-0.2, 0) is 6.42 Å². The van der Waals surface area contributed by atoms with Gasteiger partial charge in [-0.2, -0.15) is 0 Å². The Labute approximate surface area is 196 Å². The van der Waals surface area contributed by atoms with Gasteiger partial charge in [-0.25, -0.2) is 9.37 Å². The number of halogens is 3. The molecular formula is C23H14Cl2FN5O2. The van der Waals surface area contributed by atoms with Crippen molar-refractivity contribution in [3.63, 3.8) is 0 Å². The maximum atomic E-state index is 15.3. The molecule has 33 heavy (non-hydrogen) atoms. The third-order valence-corrected chi connectivity index (χ3v) is 5.38. The van der Waals surface area contributed by atoms with E-state index in [-0.39, 0.29) is 34.4 Å². The molecule has 164 valence electrons. The van der Waals surface area contributed by atoms with Crippen LogP contribution in [0.25, 0.3) is 22.5 Å². The molecule has 3 aromatic carbocycles. The second kappa shape index (κ2) is 8.65. The average Bonchev–Trinajstić information content (AvgIpc) is 3.47. The van der Waals surface area contributed by atoms with E-state index in [1.807, 2.05) is 18.2 Å². The first-order chi connectivity index (χ1) is 16.0. The van der Waals surface area contributed by atoms with Gasteiger partial charge in [0.1, 0.15) is 5.75 Å². The van der Waals surface area contributed by atoms with Crippen LogP contribution >= 0.6 is 23.2 Å². The molecule has 0 aliphatic rings. The Morgan fingerprint density at radius 1 is 1.09 bits per heavy atom. The van der Waals surface area contributed by atoms with Crippen molar-refractivity contribution < 1.29 is 13.5 Å². The zero-order chi connectivity index (χ0) is 22.9. The number of hydrogen-bond acceptors (Lipinski definition) is 6. The highest BCUT2D eigenvalue weighted by Gasteiger charge is 2.18. The van der Waals surface area contributed by atoms with Crippen LogP contribution in [0.4, 0.5) is 10.1 Å². The highest BCUT2D eigenvalue weighted by atomic mass is 35.5. The summed E-state index contributed by atoms with van der Waals surface area (Å²) >= 11 is 12.3. The lowest BCUT2D eigenvalue weighted by Crippen LogP contribution is -1.97. The summed E-state index contributed by atoms with van der Waals surface area (Å²) in [6.07, 6.45) is 1.66. The molecule has 2 heterocycles. The Bertz CT molecular complexity index is 1500. The molecule has 10 heteroatoms. The number of imidazole rings is 1. The summed E-state index contributed by atoms with van der Waals surface area (Å²) in [5, 5.41) is 8.60. The number of aromatic nitrogens is 4. The molecule has 1 N–H and O–H groups in total. The molecule has 0 spiro atoms. The molecule has 0 saturated carbocycles. The number of fused-ring (bicyclic) bond motifs is 1. The van der Waals surface area contributed by atoms with Crippen molar-refractivity contribution in [3.05, 3.63) is 82.2 Å². The number of rotatable bonds is 6. The fourth-order valence-electron chi connectivity index (χ4n) is 3.29. The maximum Gasteiger partial charge on any atom is 0.247 e. The highest BCUT2D eigenvalue weighted by Crippen LogP contribution is 2.37. The van der Waals surface area contributed by atoms with Gasteiger partial charge in [0.25, 0.3) is 0 Å². The van der Waals surface area contributed by atoms with Crippen LogP contribution in [0.5, 0.6) is 11.5 Å². The van der Waals surface area contributed by atoms with Crippen LogP contribution in [0.2, 0.25) is 10.0 Å². The molecule has 5 aromatic rings. The molecule has 0 aliphatic carbocycles. The molecule has 5 rings (SSSR count). The van der Waals surface area contributed by atoms with Gasteiger partial charge < -0.3 is 14.1 Å². The SMILES string of the molecule is C=Nc1cc(Cl)cc(Oc2c(Cl)ccc(Cc3nnc(-c4ccc5nc[nH]c5c4)o3)c2F)c1. The van der Waals surface area contributed by atoms with E-state index >= 15 is 4.39 Å². The Balaban J connectivity index is 1.41. The van der Waals surface area contributed by atoms with Crippen molar-refractivity contribution in [3.8, 4) is 23.0 Å². The third-order valence-electron chi connectivity index (χ3n) is 4.86. The molecule has 7 nitrogen and oxygen atoms in total. The van der Waals surface area contributed by atoms with Crippen molar-refractivity contribution in [1.82, 2.24) is 20.2 Å². The van der Waals surface area contributed by atoms with E-state index < -0.39 is 5.82 Å². The van der Waals surface area contributed by atoms with E-state index in [0.717, 1.165) is 16.6 Å². The van der Waals surface area contributed by atoms with Crippen LogP contribution in [0, 0.1) is 5.82 Å². The second-order valence-corrected chi connectivity index (χ2v) is 7.91. The lowest BCUT2D eigenvalue weighted by atomic mass is 10.1. The monoisotopic (exact) mass is 481 g/mol. The number of aliphatic imine (C=N–C) groups is 1. The van der Waals surface area contributed by atoms with E-state index in [0.29, 0.717) is 16.6 Å². The number of benzene rings is 3. The minimum atomic E-state index is -0.644. The van der Waals surface area contributed by atoms with Gasteiger partial charge in [-0.15, -0.1) is 10.2 Å².